The van der Waals surface area contributed by atoms with Crippen molar-refractivity contribution in [3.63, 3.8) is 0 Å². The molecule has 0 atom stereocenters. The molecule has 2 aromatic heterocycles. The molecule has 54 heavy (non-hydrogen) atoms. The van der Waals surface area contributed by atoms with Gasteiger partial charge in [0.15, 0.2) is 0 Å². The standard InChI is InChI=1S/C52H30O2/c1-2-10-32-23-33(18-17-31(32)9-1)36-24-37(34-19-21-43-41-13-4-3-11-39(41)40-12-5-6-14-42(40)45(43)27-34)26-38(25-36)35-20-22-50-46(28-35)48-30-51-47(29-52(48)54-50)44-15-7-8-16-49(44)53-51/h1-30H. The maximum Gasteiger partial charge on any atom is 0.136 e. The fraction of sp³-hybridized carbons (Fsp3) is 0. The third-order valence-electron chi connectivity index (χ3n) is 11.4. The fourth-order valence-electron chi connectivity index (χ4n) is 8.76. The SMILES string of the molecule is c1ccc2cc(-c3cc(-c4ccc5oc6cc7c(cc6c5c4)oc4ccccc47)cc(-c4ccc5c6ccccc6c6ccccc6c5c4)c3)ccc2c1. The third-order valence-corrected chi connectivity index (χ3v) is 11.4. The van der Waals surface area contributed by atoms with Gasteiger partial charge in [0.1, 0.15) is 22.3 Å². The molecule has 0 fully saturated rings. The van der Waals surface area contributed by atoms with Gasteiger partial charge in [0.25, 0.3) is 0 Å². The first-order valence-electron chi connectivity index (χ1n) is 18.5. The molecule has 10 aromatic carbocycles. The predicted octanol–water partition coefficient (Wildman–Crippen LogP) is 15.1. The van der Waals surface area contributed by atoms with Crippen LogP contribution in [-0.4, -0.2) is 0 Å². The van der Waals surface area contributed by atoms with Crippen LogP contribution in [0, 0.1) is 0 Å². The van der Waals surface area contributed by atoms with Crippen molar-refractivity contribution >= 4 is 87.0 Å². The summed E-state index contributed by atoms with van der Waals surface area (Å²) >= 11 is 0. The first kappa shape index (κ1) is 29.4. The molecule has 0 saturated carbocycles. The molecular formula is C52H30O2. The molecule has 0 saturated heterocycles. The summed E-state index contributed by atoms with van der Waals surface area (Å²) in [7, 11) is 0. The molecule has 2 heteroatoms. The summed E-state index contributed by atoms with van der Waals surface area (Å²) in [5, 5.41) is 14.4. The highest BCUT2D eigenvalue weighted by atomic mass is 16.3. The molecule has 0 bridgehead atoms. The van der Waals surface area contributed by atoms with Gasteiger partial charge in [0.2, 0.25) is 0 Å². The van der Waals surface area contributed by atoms with E-state index in [1.54, 1.807) is 0 Å². The van der Waals surface area contributed by atoms with Gasteiger partial charge >= 0.3 is 0 Å². The summed E-state index contributed by atoms with van der Waals surface area (Å²) in [6.45, 7) is 0. The second-order valence-electron chi connectivity index (χ2n) is 14.5. The third kappa shape index (κ3) is 4.41. The van der Waals surface area contributed by atoms with Crippen molar-refractivity contribution in [1.29, 1.82) is 0 Å². The Morgan fingerprint density at radius 2 is 0.630 bits per heavy atom. The average Bonchev–Trinajstić information content (AvgIpc) is 3.79. The molecule has 12 rings (SSSR count). The highest BCUT2D eigenvalue weighted by Gasteiger charge is 2.16. The molecule has 0 unspecified atom stereocenters. The van der Waals surface area contributed by atoms with Gasteiger partial charge in [-0.05, 0) is 137 Å². The first-order valence-corrected chi connectivity index (χ1v) is 18.5. The summed E-state index contributed by atoms with van der Waals surface area (Å²) in [4.78, 5) is 0. The zero-order valence-corrected chi connectivity index (χ0v) is 29.1. The van der Waals surface area contributed by atoms with E-state index >= 15 is 0 Å². The van der Waals surface area contributed by atoms with Gasteiger partial charge in [-0.3, -0.25) is 0 Å². The smallest absolute Gasteiger partial charge is 0.136 e. The van der Waals surface area contributed by atoms with Gasteiger partial charge in [-0.15, -0.1) is 0 Å². The van der Waals surface area contributed by atoms with Gasteiger partial charge in [0.05, 0.1) is 0 Å². The van der Waals surface area contributed by atoms with Crippen LogP contribution < -0.4 is 0 Å². The van der Waals surface area contributed by atoms with E-state index in [0.717, 1.165) is 55.0 Å². The maximum atomic E-state index is 6.46. The van der Waals surface area contributed by atoms with Crippen molar-refractivity contribution in [1.82, 2.24) is 0 Å². The number of rotatable bonds is 3. The number of para-hydroxylation sites is 1. The molecule has 0 amide bonds. The van der Waals surface area contributed by atoms with Crippen molar-refractivity contribution < 1.29 is 8.83 Å². The number of hydrogen-bond donors (Lipinski definition) is 0. The van der Waals surface area contributed by atoms with Crippen molar-refractivity contribution in [3.05, 3.63) is 182 Å². The normalized spacial score (nSPS) is 12.1. The van der Waals surface area contributed by atoms with E-state index in [2.05, 4.69) is 170 Å². The van der Waals surface area contributed by atoms with E-state index in [4.69, 9.17) is 8.83 Å². The van der Waals surface area contributed by atoms with Gasteiger partial charge < -0.3 is 8.83 Å². The highest BCUT2D eigenvalue weighted by molar-refractivity contribution is 6.26. The highest BCUT2D eigenvalue weighted by Crippen LogP contribution is 2.42. The monoisotopic (exact) mass is 686 g/mol. The molecule has 0 aliphatic carbocycles. The van der Waals surface area contributed by atoms with Gasteiger partial charge in [-0.1, -0.05) is 121 Å². The Morgan fingerprint density at radius 1 is 0.204 bits per heavy atom. The number of hydrogen-bond acceptors (Lipinski definition) is 2. The Kier molecular flexibility index (Phi) is 6.09. The van der Waals surface area contributed by atoms with E-state index < -0.39 is 0 Å². The Balaban J connectivity index is 1.08. The second-order valence-corrected chi connectivity index (χ2v) is 14.5. The van der Waals surface area contributed by atoms with Crippen molar-refractivity contribution in [3.8, 4) is 33.4 Å². The second kappa shape index (κ2) is 11.2. The van der Waals surface area contributed by atoms with Crippen LogP contribution in [0.5, 0.6) is 0 Å². The van der Waals surface area contributed by atoms with Crippen LogP contribution >= 0.6 is 0 Å². The number of fused-ring (bicyclic) bond motifs is 13. The summed E-state index contributed by atoms with van der Waals surface area (Å²) < 4.78 is 12.8. The summed E-state index contributed by atoms with van der Waals surface area (Å²) in [5.74, 6) is 0. The minimum absolute atomic E-state index is 0.864. The summed E-state index contributed by atoms with van der Waals surface area (Å²) in [5.41, 5.74) is 10.5. The van der Waals surface area contributed by atoms with E-state index in [1.807, 2.05) is 12.1 Å². The molecule has 0 aliphatic heterocycles. The maximum absolute atomic E-state index is 6.46. The number of benzene rings is 10. The van der Waals surface area contributed by atoms with Crippen molar-refractivity contribution in [2.45, 2.75) is 0 Å². The van der Waals surface area contributed by atoms with Gasteiger partial charge in [-0.2, -0.15) is 0 Å². The molecule has 0 spiro atoms. The van der Waals surface area contributed by atoms with Crippen LogP contribution in [0.15, 0.2) is 191 Å². The quantitative estimate of drug-likeness (QED) is 0.173. The zero-order chi connectivity index (χ0) is 35.3. The molecule has 0 aliphatic rings. The Hall–Kier alpha value is -7.16. The zero-order valence-electron chi connectivity index (χ0n) is 29.1. The van der Waals surface area contributed by atoms with E-state index in [9.17, 15) is 0 Å². The molecule has 12 aromatic rings. The molecular weight excluding hydrogens is 657 g/mol. The molecule has 2 heterocycles. The van der Waals surface area contributed by atoms with Crippen LogP contribution in [0.25, 0.3) is 120 Å². The number of furan rings is 2. The Morgan fingerprint density at radius 3 is 1.30 bits per heavy atom. The van der Waals surface area contributed by atoms with Crippen molar-refractivity contribution in [2.75, 3.05) is 0 Å². The molecule has 250 valence electrons. The lowest BCUT2D eigenvalue weighted by Crippen LogP contribution is -1.88. The van der Waals surface area contributed by atoms with Crippen LogP contribution in [0.1, 0.15) is 0 Å². The fourth-order valence-corrected chi connectivity index (χ4v) is 8.76. The van der Waals surface area contributed by atoms with E-state index in [-0.39, 0.29) is 0 Å². The summed E-state index contributed by atoms with van der Waals surface area (Å²) in [6.07, 6.45) is 0. The lowest BCUT2D eigenvalue weighted by Gasteiger charge is -2.14. The predicted molar refractivity (Wildman–Crippen MR) is 227 cm³/mol. The van der Waals surface area contributed by atoms with E-state index in [0.29, 0.717) is 0 Å². The topological polar surface area (TPSA) is 26.3 Å². The van der Waals surface area contributed by atoms with Crippen LogP contribution in [-0.2, 0) is 0 Å². The van der Waals surface area contributed by atoms with Crippen LogP contribution in [0.4, 0.5) is 0 Å². The Labute approximate surface area is 310 Å². The molecule has 0 radical (unpaired) electrons. The van der Waals surface area contributed by atoms with Crippen LogP contribution in [0.3, 0.4) is 0 Å². The minimum atomic E-state index is 0.864. The average molecular weight is 687 g/mol. The van der Waals surface area contributed by atoms with Gasteiger partial charge in [-0.25, -0.2) is 0 Å². The lowest BCUT2D eigenvalue weighted by atomic mass is 9.89. The lowest BCUT2D eigenvalue weighted by molar-refractivity contribution is 0.664. The van der Waals surface area contributed by atoms with Crippen LogP contribution in [0.2, 0.25) is 0 Å². The largest absolute Gasteiger partial charge is 0.456 e. The summed E-state index contributed by atoms with van der Waals surface area (Å²) in [6, 6.07) is 66.0. The minimum Gasteiger partial charge on any atom is -0.456 e. The van der Waals surface area contributed by atoms with Gasteiger partial charge in [0, 0.05) is 21.5 Å². The van der Waals surface area contributed by atoms with E-state index in [1.165, 1.54) is 65.3 Å². The van der Waals surface area contributed by atoms with Crippen molar-refractivity contribution in [2.24, 2.45) is 0 Å². The first-order chi connectivity index (χ1) is 26.7. The Bertz CT molecular complexity index is 3470. The molecule has 2 nitrogen and oxygen atoms in total. The molecule has 0 N–H and O–H groups in total.